The molecule has 2 rings (SSSR count). The molecule has 1 heterocycles. The van der Waals surface area contributed by atoms with Gasteiger partial charge in [-0.2, -0.15) is 4.31 Å². The number of hydrogen-bond donors (Lipinski definition) is 1. The van der Waals surface area contributed by atoms with Crippen LogP contribution in [0.25, 0.3) is 0 Å². The first kappa shape index (κ1) is 14.5. The zero-order chi connectivity index (χ0) is 13.9. The van der Waals surface area contributed by atoms with Crippen LogP contribution in [0.15, 0.2) is 30.3 Å². The third-order valence-electron chi connectivity index (χ3n) is 3.75. The van der Waals surface area contributed by atoms with Crippen LogP contribution >= 0.6 is 0 Å². The van der Waals surface area contributed by atoms with E-state index in [9.17, 15) is 8.42 Å². The number of hydrogen-bond acceptors (Lipinski definition) is 3. The van der Waals surface area contributed by atoms with E-state index >= 15 is 0 Å². The van der Waals surface area contributed by atoms with Gasteiger partial charge in [0.25, 0.3) is 0 Å². The highest BCUT2D eigenvalue weighted by Gasteiger charge is 2.33. The van der Waals surface area contributed by atoms with E-state index in [1.807, 2.05) is 30.3 Å². The summed E-state index contributed by atoms with van der Waals surface area (Å²) in [6.45, 7) is 3.15. The maximum Gasteiger partial charge on any atom is 0.218 e. The van der Waals surface area contributed by atoms with Gasteiger partial charge in [0.15, 0.2) is 0 Å². The van der Waals surface area contributed by atoms with Crippen molar-refractivity contribution in [2.24, 2.45) is 11.7 Å². The monoisotopic (exact) mass is 282 g/mol. The van der Waals surface area contributed by atoms with Crippen molar-refractivity contribution in [1.82, 2.24) is 4.31 Å². The van der Waals surface area contributed by atoms with Crippen molar-refractivity contribution in [3.05, 3.63) is 35.9 Å². The normalized spacial score (nSPS) is 25.4. The molecule has 0 radical (unpaired) electrons. The van der Waals surface area contributed by atoms with Gasteiger partial charge in [0.1, 0.15) is 0 Å². The summed E-state index contributed by atoms with van der Waals surface area (Å²) >= 11 is 0. The highest BCUT2D eigenvalue weighted by Crippen LogP contribution is 2.26. The molecular formula is C14H22N2O2S. The lowest BCUT2D eigenvalue weighted by molar-refractivity contribution is 0.211. The molecule has 0 amide bonds. The predicted molar refractivity (Wildman–Crippen MR) is 77.0 cm³/mol. The summed E-state index contributed by atoms with van der Waals surface area (Å²) in [6.07, 6.45) is 1.79. The molecule has 0 bridgehead atoms. The second kappa shape index (κ2) is 6.03. The summed E-state index contributed by atoms with van der Waals surface area (Å²) < 4.78 is 26.6. The minimum atomic E-state index is -3.27. The molecule has 106 valence electrons. The van der Waals surface area contributed by atoms with Gasteiger partial charge >= 0.3 is 0 Å². The van der Waals surface area contributed by atoms with Crippen molar-refractivity contribution in [3.8, 4) is 0 Å². The Hall–Kier alpha value is -0.910. The van der Waals surface area contributed by atoms with Crippen LogP contribution in [0.1, 0.15) is 25.3 Å². The lowest BCUT2D eigenvalue weighted by Crippen LogP contribution is -2.49. The summed E-state index contributed by atoms with van der Waals surface area (Å²) in [5.74, 6) is 0.621. The molecule has 19 heavy (non-hydrogen) atoms. The fraction of sp³-hybridized carbons (Fsp3) is 0.571. The summed E-state index contributed by atoms with van der Waals surface area (Å²) in [5.41, 5.74) is 6.57. The van der Waals surface area contributed by atoms with Crippen LogP contribution in [-0.4, -0.2) is 31.9 Å². The van der Waals surface area contributed by atoms with Gasteiger partial charge in [-0.3, -0.25) is 0 Å². The highest BCUT2D eigenvalue weighted by atomic mass is 32.2. The molecule has 4 nitrogen and oxygen atoms in total. The van der Waals surface area contributed by atoms with E-state index in [4.69, 9.17) is 5.73 Å². The molecule has 1 aliphatic rings. The van der Waals surface area contributed by atoms with E-state index in [1.54, 1.807) is 4.31 Å². The molecular weight excluding hydrogens is 260 g/mol. The van der Waals surface area contributed by atoms with Gasteiger partial charge in [-0.15, -0.1) is 0 Å². The molecule has 0 aliphatic carbocycles. The van der Waals surface area contributed by atoms with E-state index in [1.165, 1.54) is 0 Å². The second-order valence-electron chi connectivity index (χ2n) is 5.37. The second-order valence-corrected chi connectivity index (χ2v) is 7.29. The first-order valence-corrected chi connectivity index (χ1v) is 8.37. The average molecular weight is 282 g/mol. The standard InChI is InChI=1S/C14H22N2O2S/c1-12-7-8-16(14(9-12)10-15)19(17,18)11-13-5-3-2-4-6-13/h2-6,12,14H,7-11,15H2,1H3. The van der Waals surface area contributed by atoms with Crippen LogP contribution < -0.4 is 5.73 Å². The topological polar surface area (TPSA) is 63.4 Å². The SMILES string of the molecule is CC1CCN(S(=O)(=O)Cc2ccccc2)C(CN)C1. The van der Waals surface area contributed by atoms with Crippen molar-refractivity contribution < 1.29 is 8.42 Å². The smallest absolute Gasteiger partial charge is 0.218 e. The fourth-order valence-electron chi connectivity index (χ4n) is 2.68. The van der Waals surface area contributed by atoms with E-state index < -0.39 is 10.0 Å². The largest absolute Gasteiger partial charge is 0.329 e. The Morgan fingerprint density at radius 1 is 1.32 bits per heavy atom. The van der Waals surface area contributed by atoms with Crippen molar-refractivity contribution >= 4 is 10.0 Å². The minimum Gasteiger partial charge on any atom is -0.329 e. The number of nitrogens with zero attached hydrogens (tertiary/aromatic N) is 1. The van der Waals surface area contributed by atoms with Crippen molar-refractivity contribution in [2.75, 3.05) is 13.1 Å². The summed E-state index contributed by atoms with van der Waals surface area (Å²) in [7, 11) is -3.27. The molecule has 2 unspecified atom stereocenters. The van der Waals surface area contributed by atoms with Crippen LogP contribution in [0.5, 0.6) is 0 Å². The van der Waals surface area contributed by atoms with Crippen LogP contribution in [0.3, 0.4) is 0 Å². The molecule has 5 heteroatoms. The Kier molecular flexibility index (Phi) is 4.60. The Balaban J connectivity index is 2.14. The Labute approximate surface area is 115 Å². The lowest BCUT2D eigenvalue weighted by Gasteiger charge is -2.36. The van der Waals surface area contributed by atoms with E-state index in [0.29, 0.717) is 19.0 Å². The van der Waals surface area contributed by atoms with Gasteiger partial charge in [0.2, 0.25) is 10.0 Å². The molecule has 1 aromatic carbocycles. The number of nitrogens with two attached hydrogens (primary N) is 1. The summed E-state index contributed by atoms with van der Waals surface area (Å²) in [5, 5.41) is 0. The first-order valence-electron chi connectivity index (χ1n) is 6.76. The number of benzene rings is 1. The zero-order valence-corrected chi connectivity index (χ0v) is 12.1. The van der Waals surface area contributed by atoms with Crippen molar-refractivity contribution in [1.29, 1.82) is 0 Å². The van der Waals surface area contributed by atoms with Gasteiger partial charge in [0.05, 0.1) is 5.75 Å². The van der Waals surface area contributed by atoms with Crippen molar-refractivity contribution in [2.45, 2.75) is 31.6 Å². The molecule has 0 aromatic heterocycles. The van der Waals surface area contributed by atoms with Gasteiger partial charge in [-0.05, 0) is 24.3 Å². The molecule has 1 saturated heterocycles. The third kappa shape index (κ3) is 3.55. The quantitative estimate of drug-likeness (QED) is 0.912. The van der Waals surface area contributed by atoms with Gasteiger partial charge in [-0.25, -0.2) is 8.42 Å². The van der Waals surface area contributed by atoms with Crippen LogP contribution in [0.4, 0.5) is 0 Å². The lowest BCUT2D eigenvalue weighted by atomic mass is 9.94. The highest BCUT2D eigenvalue weighted by molar-refractivity contribution is 7.88. The zero-order valence-electron chi connectivity index (χ0n) is 11.3. The van der Waals surface area contributed by atoms with Gasteiger partial charge in [-0.1, -0.05) is 37.3 Å². The minimum absolute atomic E-state index is 0.0440. The molecule has 0 saturated carbocycles. The molecule has 0 spiro atoms. The van der Waals surface area contributed by atoms with Crippen LogP contribution in [0.2, 0.25) is 0 Å². The fourth-order valence-corrected chi connectivity index (χ4v) is 4.47. The average Bonchev–Trinajstić information content (AvgIpc) is 2.38. The number of rotatable bonds is 4. The Morgan fingerprint density at radius 2 is 2.00 bits per heavy atom. The van der Waals surface area contributed by atoms with Crippen LogP contribution in [-0.2, 0) is 15.8 Å². The maximum absolute atomic E-state index is 12.5. The maximum atomic E-state index is 12.5. The molecule has 1 fully saturated rings. The molecule has 2 N–H and O–H groups in total. The van der Waals surface area contributed by atoms with E-state index in [0.717, 1.165) is 18.4 Å². The van der Waals surface area contributed by atoms with Crippen LogP contribution in [0, 0.1) is 5.92 Å². The van der Waals surface area contributed by atoms with E-state index in [2.05, 4.69) is 6.92 Å². The Morgan fingerprint density at radius 3 is 2.63 bits per heavy atom. The Bertz CT molecular complexity index is 501. The first-order chi connectivity index (χ1) is 9.03. The third-order valence-corrected chi connectivity index (χ3v) is 5.64. The van der Waals surface area contributed by atoms with Gasteiger partial charge < -0.3 is 5.73 Å². The van der Waals surface area contributed by atoms with Gasteiger partial charge in [0, 0.05) is 19.1 Å². The number of sulfonamides is 1. The molecule has 2 atom stereocenters. The predicted octanol–water partition coefficient (Wildman–Crippen LogP) is 1.58. The molecule has 1 aliphatic heterocycles. The molecule has 1 aromatic rings. The summed E-state index contributed by atoms with van der Waals surface area (Å²) in [4.78, 5) is 0. The van der Waals surface area contributed by atoms with Crippen molar-refractivity contribution in [3.63, 3.8) is 0 Å². The summed E-state index contributed by atoms with van der Waals surface area (Å²) in [6, 6.07) is 9.27. The number of piperidine rings is 1. The van der Waals surface area contributed by atoms with E-state index in [-0.39, 0.29) is 11.8 Å².